The van der Waals surface area contributed by atoms with Crippen molar-refractivity contribution in [2.75, 3.05) is 13.1 Å². The molecule has 0 spiro atoms. The molecule has 1 amide bonds. The predicted octanol–water partition coefficient (Wildman–Crippen LogP) is 3.34. The minimum atomic E-state index is -0.392. The molecule has 1 heterocycles. The van der Waals surface area contributed by atoms with E-state index in [2.05, 4.69) is 15.3 Å². The SMILES string of the molecule is N=C(CCc1ccccc1)N(CCc1ccccc1)C(=N)CNC(=O)c1cnccn1. The third kappa shape index (κ3) is 6.85. The largest absolute Gasteiger partial charge is 0.343 e. The summed E-state index contributed by atoms with van der Waals surface area (Å²) in [6.45, 7) is 0.509. The van der Waals surface area contributed by atoms with Crippen LogP contribution in [0.15, 0.2) is 79.3 Å². The molecule has 0 unspecified atom stereocenters. The van der Waals surface area contributed by atoms with Gasteiger partial charge in [0.1, 0.15) is 17.4 Å². The molecule has 0 fully saturated rings. The van der Waals surface area contributed by atoms with Gasteiger partial charge in [0.15, 0.2) is 0 Å². The zero-order chi connectivity index (χ0) is 21.9. The molecule has 0 saturated heterocycles. The third-order valence-corrected chi connectivity index (χ3v) is 4.82. The Morgan fingerprint density at radius 1 is 0.871 bits per heavy atom. The Balaban J connectivity index is 1.62. The second-order valence-corrected chi connectivity index (χ2v) is 7.04. The molecule has 31 heavy (non-hydrogen) atoms. The number of nitrogens with one attached hydrogen (secondary N) is 3. The highest BCUT2D eigenvalue weighted by atomic mass is 16.1. The van der Waals surface area contributed by atoms with Gasteiger partial charge in [0.25, 0.3) is 5.91 Å². The molecule has 0 aliphatic heterocycles. The summed E-state index contributed by atoms with van der Waals surface area (Å²) in [5.41, 5.74) is 2.49. The molecule has 0 saturated carbocycles. The Morgan fingerprint density at radius 2 is 1.52 bits per heavy atom. The number of carbonyl (C=O) groups is 1. The van der Waals surface area contributed by atoms with Crippen LogP contribution in [0.3, 0.4) is 0 Å². The van der Waals surface area contributed by atoms with Crippen molar-refractivity contribution in [3.63, 3.8) is 0 Å². The summed E-state index contributed by atoms with van der Waals surface area (Å²) in [5, 5.41) is 19.8. The lowest BCUT2D eigenvalue weighted by Gasteiger charge is -2.26. The molecule has 0 aliphatic carbocycles. The normalized spacial score (nSPS) is 10.3. The monoisotopic (exact) mass is 414 g/mol. The van der Waals surface area contributed by atoms with Crippen LogP contribution in [0.4, 0.5) is 0 Å². The fraction of sp³-hybridized carbons (Fsp3) is 0.208. The molecule has 0 atom stereocenters. The van der Waals surface area contributed by atoms with Gasteiger partial charge in [-0.3, -0.25) is 20.6 Å². The Kier molecular flexibility index (Phi) is 7.99. The number of amidine groups is 2. The average Bonchev–Trinajstić information content (AvgIpc) is 2.83. The standard InChI is InChI=1S/C24H26N6O/c25-22(12-11-19-7-3-1-4-8-19)30(16-13-20-9-5-2-6-10-20)23(26)18-29-24(31)21-17-27-14-15-28-21/h1-10,14-15,17,25-26H,11-13,16,18H2,(H,29,31). The first-order valence-corrected chi connectivity index (χ1v) is 10.2. The van der Waals surface area contributed by atoms with Crippen molar-refractivity contribution in [2.45, 2.75) is 19.3 Å². The van der Waals surface area contributed by atoms with E-state index in [-0.39, 0.29) is 18.1 Å². The summed E-state index contributed by atoms with van der Waals surface area (Å²) in [5.74, 6) is 0.140. The number of hydrogen-bond acceptors (Lipinski definition) is 5. The molecule has 1 aromatic heterocycles. The molecule has 0 aliphatic rings. The number of nitrogens with zero attached hydrogens (tertiary/aromatic N) is 3. The molecule has 7 heteroatoms. The van der Waals surface area contributed by atoms with Gasteiger partial charge in [-0.2, -0.15) is 0 Å². The molecule has 3 N–H and O–H groups in total. The van der Waals surface area contributed by atoms with Gasteiger partial charge < -0.3 is 10.2 Å². The summed E-state index contributed by atoms with van der Waals surface area (Å²) in [7, 11) is 0. The van der Waals surface area contributed by atoms with Gasteiger partial charge in [0, 0.05) is 25.4 Å². The fourth-order valence-corrected chi connectivity index (χ4v) is 3.13. The van der Waals surface area contributed by atoms with Crippen molar-refractivity contribution in [1.82, 2.24) is 20.2 Å². The van der Waals surface area contributed by atoms with Crippen molar-refractivity contribution in [1.29, 1.82) is 10.8 Å². The van der Waals surface area contributed by atoms with Gasteiger partial charge >= 0.3 is 0 Å². The maximum absolute atomic E-state index is 12.2. The van der Waals surface area contributed by atoms with Crippen LogP contribution in [0.1, 0.15) is 28.0 Å². The highest BCUT2D eigenvalue weighted by molar-refractivity contribution is 6.01. The van der Waals surface area contributed by atoms with Crippen LogP contribution in [0.2, 0.25) is 0 Å². The first kappa shape index (κ1) is 21.8. The quantitative estimate of drug-likeness (QED) is 0.369. The summed E-state index contributed by atoms with van der Waals surface area (Å²) in [6.07, 6.45) is 6.27. The van der Waals surface area contributed by atoms with Crippen molar-refractivity contribution >= 4 is 17.6 Å². The maximum Gasteiger partial charge on any atom is 0.271 e. The molecule has 158 valence electrons. The molecular formula is C24H26N6O. The second kappa shape index (κ2) is 11.3. The summed E-state index contributed by atoms with van der Waals surface area (Å²) < 4.78 is 0. The first-order valence-electron chi connectivity index (χ1n) is 10.2. The Labute approximate surface area is 182 Å². The lowest BCUT2D eigenvalue weighted by molar-refractivity contribution is 0.0953. The van der Waals surface area contributed by atoms with Gasteiger partial charge in [-0.15, -0.1) is 0 Å². The lowest BCUT2D eigenvalue weighted by Crippen LogP contribution is -2.44. The second-order valence-electron chi connectivity index (χ2n) is 7.04. The zero-order valence-corrected chi connectivity index (χ0v) is 17.3. The van der Waals surface area contributed by atoms with Crippen molar-refractivity contribution in [3.05, 3.63) is 96.1 Å². The van der Waals surface area contributed by atoms with Crippen LogP contribution < -0.4 is 5.32 Å². The summed E-state index contributed by atoms with van der Waals surface area (Å²) >= 11 is 0. The van der Waals surface area contributed by atoms with Gasteiger partial charge in [-0.1, -0.05) is 60.7 Å². The van der Waals surface area contributed by atoms with E-state index in [4.69, 9.17) is 10.8 Å². The highest BCUT2D eigenvalue weighted by Crippen LogP contribution is 2.08. The van der Waals surface area contributed by atoms with Crippen LogP contribution in [0.25, 0.3) is 0 Å². The topological polar surface area (TPSA) is 106 Å². The molecule has 2 aromatic carbocycles. The summed E-state index contributed by atoms with van der Waals surface area (Å²) in [4.78, 5) is 21.8. The summed E-state index contributed by atoms with van der Waals surface area (Å²) in [6, 6.07) is 20.0. The smallest absolute Gasteiger partial charge is 0.271 e. The maximum atomic E-state index is 12.2. The zero-order valence-electron chi connectivity index (χ0n) is 17.3. The molecule has 0 radical (unpaired) electrons. The van der Waals surface area contributed by atoms with Crippen molar-refractivity contribution < 1.29 is 4.79 Å². The number of hydrogen-bond donors (Lipinski definition) is 3. The van der Waals surface area contributed by atoms with Gasteiger partial charge in [-0.25, -0.2) is 4.98 Å². The highest BCUT2D eigenvalue weighted by Gasteiger charge is 2.17. The first-order chi connectivity index (χ1) is 15.1. The lowest BCUT2D eigenvalue weighted by atomic mass is 10.1. The molecule has 3 rings (SSSR count). The van der Waals surface area contributed by atoms with E-state index >= 15 is 0 Å². The molecule has 3 aromatic rings. The number of aryl methyl sites for hydroxylation is 1. The number of aromatic nitrogens is 2. The minimum Gasteiger partial charge on any atom is -0.343 e. The van der Waals surface area contributed by atoms with Crippen molar-refractivity contribution in [3.8, 4) is 0 Å². The molecule has 7 nitrogen and oxygen atoms in total. The van der Waals surface area contributed by atoms with E-state index in [9.17, 15) is 4.79 Å². The van der Waals surface area contributed by atoms with Gasteiger partial charge in [-0.05, 0) is 24.0 Å². The number of amides is 1. The van der Waals surface area contributed by atoms with Crippen LogP contribution in [0.5, 0.6) is 0 Å². The van der Waals surface area contributed by atoms with E-state index in [1.807, 2.05) is 60.7 Å². The van der Waals surface area contributed by atoms with E-state index < -0.39 is 5.91 Å². The van der Waals surface area contributed by atoms with Crippen LogP contribution >= 0.6 is 0 Å². The number of rotatable bonds is 9. The van der Waals surface area contributed by atoms with Crippen molar-refractivity contribution in [2.24, 2.45) is 0 Å². The average molecular weight is 415 g/mol. The van der Waals surface area contributed by atoms with Crippen LogP contribution in [-0.4, -0.2) is 45.5 Å². The van der Waals surface area contributed by atoms with E-state index in [0.717, 1.165) is 17.5 Å². The fourth-order valence-electron chi connectivity index (χ4n) is 3.13. The van der Waals surface area contributed by atoms with E-state index in [1.165, 1.54) is 18.6 Å². The molecule has 0 bridgehead atoms. The molecular weight excluding hydrogens is 388 g/mol. The van der Waals surface area contributed by atoms with Gasteiger partial charge in [0.05, 0.1) is 12.7 Å². The number of benzene rings is 2. The number of carbonyl (C=O) groups excluding carboxylic acids is 1. The van der Waals surface area contributed by atoms with E-state index in [1.54, 1.807) is 4.90 Å². The van der Waals surface area contributed by atoms with Gasteiger partial charge in [0.2, 0.25) is 0 Å². The van der Waals surface area contributed by atoms with Crippen LogP contribution in [-0.2, 0) is 12.8 Å². The van der Waals surface area contributed by atoms with E-state index in [0.29, 0.717) is 25.2 Å². The third-order valence-electron chi connectivity index (χ3n) is 4.82. The Hall–Kier alpha value is -3.87. The Morgan fingerprint density at radius 3 is 2.13 bits per heavy atom. The Bertz CT molecular complexity index is 992. The predicted molar refractivity (Wildman–Crippen MR) is 121 cm³/mol. The van der Waals surface area contributed by atoms with Crippen LogP contribution in [0, 0.1) is 10.8 Å². The minimum absolute atomic E-state index is 0.0118.